The largest absolute Gasteiger partial charge is 0.350 e. The van der Waals surface area contributed by atoms with Gasteiger partial charge in [0.15, 0.2) is 6.29 Å². The molecule has 0 aliphatic carbocycles. The molecule has 1 rings (SSSR count). The molecule has 1 fully saturated rings. The van der Waals surface area contributed by atoms with Gasteiger partial charge in [-0.1, -0.05) is 78.1 Å². The summed E-state index contributed by atoms with van der Waals surface area (Å²) in [5.41, 5.74) is 0. The summed E-state index contributed by atoms with van der Waals surface area (Å²) in [5.74, 6) is 0. The van der Waals surface area contributed by atoms with Crippen molar-refractivity contribution in [3.63, 3.8) is 0 Å². The summed E-state index contributed by atoms with van der Waals surface area (Å²) in [6, 6.07) is 0. The second kappa shape index (κ2) is 11.7. The Morgan fingerprint density at radius 2 is 1.32 bits per heavy atom. The van der Waals surface area contributed by atoms with Gasteiger partial charge in [0, 0.05) is 6.61 Å². The van der Waals surface area contributed by atoms with E-state index < -0.39 is 0 Å². The van der Waals surface area contributed by atoms with Crippen LogP contribution in [0.3, 0.4) is 0 Å². The molecule has 0 spiro atoms. The monoisotopic (exact) mass is 270 g/mol. The number of hydrogen-bond acceptors (Lipinski definition) is 2. The number of hydrogen-bond donors (Lipinski definition) is 0. The van der Waals surface area contributed by atoms with E-state index in [1.54, 1.807) is 0 Å². The van der Waals surface area contributed by atoms with E-state index >= 15 is 0 Å². The van der Waals surface area contributed by atoms with Gasteiger partial charge < -0.3 is 9.47 Å². The fourth-order valence-electron chi connectivity index (χ4n) is 2.54. The molecule has 0 aromatic rings. The summed E-state index contributed by atoms with van der Waals surface area (Å²) in [6.45, 7) is 5.26. The molecule has 1 aliphatic heterocycles. The van der Waals surface area contributed by atoms with Crippen LogP contribution in [-0.2, 0) is 9.47 Å². The first-order chi connectivity index (χ1) is 9.38. The zero-order chi connectivity index (χ0) is 13.8. The van der Waals surface area contributed by atoms with Crippen LogP contribution in [0.4, 0.5) is 0 Å². The zero-order valence-corrected chi connectivity index (χ0v) is 13.2. The van der Waals surface area contributed by atoms with Crippen molar-refractivity contribution in [2.45, 2.75) is 103 Å². The third-order valence-corrected chi connectivity index (χ3v) is 3.86. The quantitative estimate of drug-likeness (QED) is 0.309. The first kappa shape index (κ1) is 17.0. The van der Waals surface area contributed by atoms with E-state index in [1.807, 2.05) is 0 Å². The molecule has 0 aromatic carbocycles. The van der Waals surface area contributed by atoms with E-state index in [0.29, 0.717) is 6.10 Å². The smallest absolute Gasteiger partial charge is 0.184 e. The molecule has 2 nitrogen and oxygen atoms in total. The van der Waals surface area contributed by atoms with Crippen LogP contribution in [0.2, 0.25) is 0 Å². The lowest BCUT2D eigenvalue weighted by molar-refractivity contribution is 0.0507. The average molecular weight is 270 g/mol. The Labute approximate surface area is 120 Å². The molecule has 2 atom stereocenters. The topological polar surface area (TPSA) is 21.8 Å². The second-order valence-corrected chi connectivity index (χ2v) is 5.88. The summed E-state index contributed by atoms with van der Waals surface area (Å²) in [6.07, 6.45) is 16.9. The highest BCUT2D eigenvalue weighted by Crippen LogP contribution is 2.28. The Hall–Kier alpha value is -0.0800. The van der Waals surface area contributed by atoms with E-state index in [4.69, 9.17) is 9.47 Å². The Bertz CT molecular complexity index is 194. The molecule has 114 valence electrons. The molecule has 0 aromatic heterocycles. The summed E-state index contributed by atoms with van der Waals surface area (Å²) in [5, 5.41) is 0. The van der Waals surface area contributed by atoms with E-state index in [0.717, 1.165) is 13.0 Å². The van der Waals surface area contributed by atoms with E-state index in [-0.39, 0.29) is 6.29 Å². The molecule has 1 heterocycles. The van der Waals surface area contributed by atoms with Gasteiger partial charge in [-0.15, -0.1) is 0 Å². The normalized spacial score (nSPS) is 21.8. The molecular weight excluding hydrogens is 236 g/mol. The van der Waals surface area contributed by atoms with Crippen molar-refractivity contribution in [2.75, 3.05) is 6.61 Å². The maximum absolute atomic E-state index is 5.53. The Morgan fingerprint density at radius 1 is 0.737 bits per heavy atom. The van der Waals surface area contributed by atoms with Gasteiger partial charge in [0.2, 0.25) is 0 Å². The standard InChI is InChI=1S/C17H34O2/c1-3-5-6-7-8-9-10-11-12-13-14-16-17(19-16)18-15-4-2/h16-17H,3-15H2,1-2H3. The molecule has 0 amide bonds. The van der Waals surface area contributed by atoms with Crippen LogP contribution in [0.1, 0.15) is 90.9 Å². The van der Waals surface area contributed by atoms with Gasteiger partial charge in [0.25, 0.3) is 0 Å². The number of ether oxygens (including phenoxy) is 2. The van der Waals surface area contributed by atoms with Crippen molar-refractivity contribution in [3.05, 3.63) is 0 Å². The molecule has 1 saturated heterocycles. The van der Waals surface area contributed by atoms with Crippen LogP contribution >= 0.6 is 0 Å². The minimum atomic E-state index is 0.138. The van der Waals surface area contributed by atoms with Crippen molar-refractivity contribution in [2.24, 2.45) is 0 Å². The van der Waals surface area contributed by atoms with Crippen LogP contribution < -0.4 is 0 Å². The fraction of sp³-hybridized carbons (Fsp3) is 1.00. The molecule has 0 bridgehead atoms. The van der Waals surface area contributed by atoms with Crippen LogP contribution in [-0.4, -0.2) is 19.0 Å². The van der Waals surface area contributed by atoms with Gasteiger partial charge in [-0.2, -0.15) is 0 Å². The lowest BCUT2D eigenvalue weighted by atomic mass is 10.1. The van der Waals surface area contributed by atoms with Crippen molar-refractivity contribution < 1.29 is 9.47 Å². The predicted octanol–water partition coefficient (Wildman–Crippen LogP) is 5.45. The Morgan fingerprint density at radius 3 is 1.89 bits per heavy atom. The molecule has 0 saturated carbocycles. The fourth-order valence-corrected chi connectivity index (χ4v) is 2.54. The highest BCUT2D eigenvalue weighted by atomic mass is 16.8. The zero-order valence-electron chi connectivity index (χ0n) is 13.2. The second-order valence-electron chi connectivity index (χ2n) is 5.88. The maximum Gasteiger partial charge on any atom is 0.184 e. The van der Waals surface area contributed by atoms with E-state index in [9.17, 15) is 0 Å². The number of epoxide rings is 1. The molecule has 0 N–H and O–H groups in total. The van der Waals surface area contributed by atoms with E-state index in [2.05, 4.69) is 13.8 Å². The molecule has 2 heteroatoms. The highest BCUT2D eigenvalue weighted by molar-refractivity contribution is 4.76. The van der Waals surface area contributed by atoms with Gasteiger partial charge in [-0.3, -0.25) is 0 Å². The van der Waals surface area contributed by atoms with Gasteiger partial charge in [-0.05, 0) is 12.8 Å². The predicted molar refractivity (Wildman–Crippen MR) is 81.4 cm³/mol. The third-order valence-electron chi connectivity index (χ3n) is 3.86. The van der Waals surface area contributed by atoms with E-state index in [1.165, 1.54) is 70.6 Å². The number of rotatable bonds is 14. The third kappa shape index (κ3) is 9.45. The molecule has 2 unspecified atom stereocenters. The SMILES string of the molecule is CCCCCCCCCCCCC1OC1OCCC. The molecule has 0 radical (unpaired) electrons. The van der Waals surface area contributed by atoms with Crippen molar-refractivity contribution in [1.82, 2.24) is 0 Å². The first-order valence-electron chi connectivity index (χ1n) is 8.65. The van der Waals surface area contributed by atoms with Crippen LogP contribution in [0.15, 0.2) is 0 Å². The summed E-state index contributed by atoms with van der Waals surface area (Å²) >= 11 is 0. The van der Waals surface area contributed by atoms with Crippen LogP contribution in [0, 0.1) is 0 Å². The van der Waals surface area contributed by atoms with Crippen LogP contribution in [0.25, 0.3) is 0 Å². The minimum Gasteiger partial charge on any atom is -0.350 e. The van der Waals surface area contributed by atoms with Crippen molar-refractivity contribution >= 4 is 0 Å². The van der Waals surface area contributed by atoms with Gasteiger partial charge in [0.1, 0.15) is 6.10 Å². The molecule has 1 aliphatic rings. The van der Waals surface area contributed by atoms with Crippen LogP contribution in [0.5, 0.6) is 0 Å². The van der Waals surface area contributed by atoms with Crippen molar-refractivity contribution in [1.29, 1.82) is 0 Å². The van der Waals surface area contributed by atoms with Gasteiger partial charge >= 0.3 is 0 Å². The average Bonchev–Trinajstić information content (AvgIpc) is 3.17. The highest BCUT2D eigenvalue weighted by Gasteiger charge is 2.38. The molecular formula is C17H34O2. The number of unbranched alkanes of at least 4 members (excludes halogenated alkanes) is 9. The summed E-state index contributed by atoms with van der Waals surface area (Å²) in [4.78, 5) is 0. The van der Waals surface area contributed by atoms with Gasteiger partial charge in [0.05, 0.1) is 0 Å². The summed E-state index contributed by atoms with van der Waals surface area (Å²) < 4.78 is 11.0. The summed E-state index contributed by atoms with van der Waals surface area (Å²) in [7, 11) is 0. The minimum absolute atomic E-state index is 0.138. The Balaban J connectivity index is 1.71. The Kier molecular flexibility index (Phi) is 10.5. The lowest BCUT2D eigenvalue weighted by Crippen LogP contribution is -2.01. The maximum atomic E-state index is 5.53. The molecule has 19 heavy (non-hydrogen) atoms. The van der Waals surface area contributed by atoms with Gasteiger partial charge in [-0.25, -0.2) is 0 Å². The first-order valence-corrected chi connectivity index (χ1v) is 8.65. The van der Waals surface area contributed by atoms with Crippen molar-refractivity contribution in [3.8, 4) is 0 Å². The lowest BCUT2D eigenvalue weighted by Gasteiger charge is -2.01.